The van der Waals surface area contributed by atoms with Gasteiger partial charge in [0.25, 0.3) is 0 Å². The highest BCUT2D eigenvalue weighted by molar-refractivity contribution is 7.04. The summed E-state index contributed by atoms with van der Waals surface area (Å²) in [5.41, 5.74) is 29.2. The summed E-state index contributed by atoms with van der Waals surface area (Å²) in [6.45, 7) is 22.3. The Morgan fingerprint density at radius 2 is 1.04 bits per heavy atom. The van der Waals surface area contributed by atoms with Crippen molar-refractivity contribution >= 4 is 68.2 Å². The van der Waals surface area contributed by atoms with Crippen molar-refractivity contribution in [3.63, 3.8) is 0 Å². The van der Waals surface area contributed by atoms with E-state index in [1.807, 2.05) is 0 Å². The number of hydrogen-bond acceptors (Lipinski definition) is 1. The quantitative estimate of drug-likeness (QED) is 0.159. The molecule has 0 atom stereocenters. The largest absolute Gasteiger partial charge is 0.311 e. The van der Waals surface area contributed by atoms with Gasteiger partial charge in [0.2, 0.25) is 6.71 Å². The van der Waals surface area contributed by atoms with Gasteiger partial charge in [0.05, 0.1) is 5.69 Å². The second-order valence-corrected chi connectivity index (χ2v) is 24.2. The number of rotatable bonds is 4. The standard InChI is InChI=1S/C68H64BN/c1-42-33-53-50-26-18-25-49-48(35-43-19-12-10-13-20-43)37-52(47-28-27-44-21-16-17-24-46(44)36-47)64(62(49)50)69-58-39-55-57(68(8,9)32-30-66(55,4)5)41-60(58)70(61(34-42)63(53)69)59-40-56-54(65(2,3)29-31-67(56,6)7)38-51(59)45-22-14-11-15-23-45/h10-28,33-36,38-41H,29-32,37H2,1-9H3/b48-35-. The normalized spacial score (nSPS) is 19.0. The van der Waals surface area contributed by atoms with Gasteiger partial charge < -0.3 is 4.90 Å². The molecule has 5 aliphatic rings. The maximum absolute atomic E-state index is 2.77. The molecule has 0 bridgehead atoms. The average Bonchev–Trinajstić information content (AvgIpc) is 3.35. The third-order valence-electron chi connectivity index (χ3n) is 17.9. The lowest BCUT2D eigenvalue weighted by Gasteiger charge is -2.48. The van der Waals surface area contributed by atoms with Gasteiger partial charge >= 0.3 is 0 Å². The summed E-state index contributed by atoms with van der Waals surface area (Å²) in [4.78, 5) is 2.77. The van der Waals surface area contributed by atoms with Crippen molar-refractivity contribution in [3.8, 4) is 22.3 Å². The van der Waals surface area contributed by atoms with E-state index >= 15 is 0 Å². The molecule has 0 N–H and O–H groups in total. The lowest BCUT2D eigenvalue weighted by molar-refractivity contribution is 0.332. The molecule has 0 aromatic heterocycles. The molecule has 0 radical (unpaired) electrons. The topological polar surface area (TPSA) is 3.24 Å². The second-order valence-electron chi connectivity index (χ2n) is 24.2. The number of fused-ring (bicyclic) bond motifs is 7. The highest BCUT2D eigenvalue weighted by Gasteiger charge is 2.49. The first kappa shape index (κ1) is 43.4. The van der Waals surface area contributed by atoms with E-state index in [2.05, 4.69) is 231 Å². The van der Waals surface area contributed by atoms with Crippen LogP contribution in [0.2, 0.25) is 0 Å². The maximum atomic E-state index is 2.77. The van der Waals surface area contributed by atoms with E-state index in [0.717, 1.165) is 19.3 Å². The molecular weight excluding hydrogens is 842 g/mol. The van der Waals surface area contributed by atoms with Crippen molar-refractivity contribution in [1.29, 1.82) is 0 Å². The Morgan fingerprint density at radius 1 is 0.457 bits per heavy atom. The first-order chi connectivity index (χ1) is 33.6. The Bertz CT molecular complexity index is 3580. The van der Waals surface area contributed by atoms with E-state index in [1.165, 1.54) is 141 Å². The summed E-state index contributed by atoms with van der Waals surface area (Å²) < 4.78 is 0. The third-order valence-corrected chi connectivity index (χ3v) is 17.9. The maximum Gasteiger partial charge on any atom is 0.248 e. The van der Waals surface area contributed by atoms with Crippen molar-refractivity contribution in [2.75, 3.05) is 4.90 Å². The minimum absolute atomic E-state index is 0.0181. The van der Waals surface area contributed by atoms with Crippen molar-refractivity contribution < 1.29 is 0 Å². The molecule has 3 aliphatic carbocycles. The summed E-state index contributed by atoms with van der Waals surface area (Å²) in [5.74, 6) is 0. The summed E-state index contributed by atoms with van der Waals surface area (Å²) in [7, 11) is 0. The molecule has 2 heterocycles. The van der Waals surface area contributed by atoms with Gasteiger partial charge in [0.1, 0.15) is 0 Å². The fourth-order valence-electron chi connectivity index (χ4n) is 13.7. The monoisotopic (exact) mass is 906 g/mol. The Labute approximate surface area is 417 Å². The van der Waals surface area contributed by atoms with E-state index in [4.69, 9.17) is 0 Å². The second kappa shape index (κ2) is 15.2. The van der Waals surface area contributed by atoms with E-state index in [1.54, 1.807) is 0 Å². The van der Waals surface area contributed by atoms with Gasteiger partial charge in [0.15, 0.2) is 0 Å². The van der Waals surface area contributed by atoms with Crippen molar-refractivity contribution in [2.45, 2.75) is 116 Å². The van der Waals surface area contributed by atoms with Crippen LogP contribution in [0, 0.1) is 6.92 Å². The molecule has 1 nitrogen and oxygen atoms in total. The molecule has 0 amide bonds. The number of anilines is 3. The van der Waals surface area contributed by atoms with Crippen LogP contribution in [0.5, 0.6) is 0 Å². The Hall–Kier alpha value is -6.64. The average molecular weight is 906 g/mol. The molecule has 0 spiro atoms. The summed E-state index contributed by atoms with van der Waals surface area (Å²) in [5, 5.41) is 2.56. The molecule has 0 fully saturated rings. The van der Waals surface area contributed by atoms with Crippen LogP contribution >= 0.6 is 0 Å². The van der Waals surface area contributed by atoms with Crippen LogP contribution in [0.1, 0.15) is 138 Å². The van der Waals surface area contributed by atoms with E-state index in [-0.39, 0.29) is 28.4 Å². The molecule has 8 aromatic rings. The SMILES string of the molecule is Cc1cc2c3c(c1)N(c1cc4c(cc1-c1ccccc1)C(C)(C)CCC4(C)C)c1cc4c(cc1B3C1=C(c3ccc5ccccc5c3)C/C(=C/c3ccccc3)c3cccc-2c31)C(C)(C)CCC4(C)C. The van der Waals surface area contributed by atoms with Crippen LogP contribution in [0.15, 0.2) is 158 Å². The fourth-order valence-corrected chi connectivity index (χ4v) is 13.7. The van der Waals surface area contributed by atoms with Crippen LogP contribution in [0.25, 0.3) is 55.7 Å². The lowest BCUT2D eigenvalue weighted by atomic mass is 9.29. The number of aryl methyl sites for hydroxylation is 1. The Balaban J connectivity index is 1.19. The summed E-state index contributed by atoms with van der Waals surface area (Å²) in [6, 6.07) is 61.4. The van der Waals surface area contributed by atoms with E-state index < -0.39 is 0 Å². The van der Waals surface area contributed by atoms with Gasteiger partial charge in [-0.25, -0.2) is 0 Å². The fraction of sp³-hybridized carbons (Fsp3) is 0.265. The highest BCUT2D eigenvalue weighted by atomic mass is 15.2. The predicted molar refractivity (Wildman–Crippen MR) is 302 cm³/mol. The molecule has 8 aromatic carbocycles. The number of benzene rings is 8. The van der Waals surface area contributed by atoms with Gasteiger partial charge in [-0.1, -0.05) is 194 Å². The van der Waals surface area contributed by atoms with Crippen molar-refractivity contribution in [1.82, 2.24) is 0 Å². The van der Waals surface area contributed by atoms with Crippen LogP contribution in [-0.4, -0.2) is 6.71 Å². The number of nitrogens with zero attached hydrogens (tertiary/aromatic N) is 1. The highest BCUT2D eigenvalue weighted by Crippen LogP contribution is 2.57. The summed E-state index contributed by atoms with van der Waals surface area (Å²) >= 11 is 0. The van der Waals surface area contributed by atoms with Crippen LogP contribution in [0.4, 0.5) is 17.1 Å². The molecule has 70 heavy (non-hydrogen) atoms. The molecule has 344 valence electrons. The predicted octanol–water partition coefficient (Wildman–Crippen LogP) is 17.0. The van der Waals surface area contributed by atoms with Gasteiger partial charge in [-0.05, 0) is 191 Å². The van der Waals surface area contributed by atoms with Crippen LogP contribution in [-0.2, 0) is 21.7 Å². The minimum Gasteiger partial charge on any atom is -0.311 e. The molecule has 0 saturated heterocycles. The molecule has 2 aliphatic heterocycles. The molecule has 0 saturated carbocycles. The minimum atomic E-state index is 0.0181. The zero-order valence-corrected chi connectivity index (χ0v) is 42.6. The smallest absolute Gasteiger partial charge is 0.248 e. The van der Waals surface area contributed by atoms with E-state index in [9.17, 15) is 0 Å². The molecular formula is C68H64BN. The van der Waals surface area contributed by atoms with Crippen LogP contribution in [0.3, 0.4) is 0 Å². The van der Waals surface area contributed by atoms with Gasteiger partial charge in [0, 0.05) is 16.9 Å². The first-order valence-corrected chi connectivity index (χ1v) is 26.1. The number of allylic oxidation sites excluding steroid dienone is 2. The van der Waals surface area contributed by atoms with Gasteiger partial charge in [-0.3, -0.25) is 0 Å². The van der Waals surface area contributed by atoms with Gasteiger partial charge in [-0.2, -0.15) is 0 Å². The third kappa shape index (κ3) is 6.51. The van der Waals surface area contributed by atoms with E-state index in [0.29, 0.717) is 0 Å². The zero-order valence-electron chi connectivity index (χ0n) is 42.6. The van der Waals surface area contributed by atoms with Gasteiger partial charge in [-0.15, -0.1) is 0 Å². The molecule has 0 unspecified atom stereocenters. The number of hydrogen-bond donors (Lipinski definition) is 0. The molecule has 2 heteroatoms. The lowest BCUT2D eigenvalue weighted by Crippen LogP contribution is -2.55. The van der Waals surface area contributed by atoms with Crippen molar-refractivity contribution in [2.24, 2.45) is 0 Å². The Morgan fingerprint density at radius 3 is 1.73 bits per heavy atom. The zero-order chi connectivity index (χ0) is 48.1. The first-order valence-electron chi connectivity index (χ1n) is 26.1. The van der Waals surface area contributed by atoms with Crippen LogP contribution < -0.4 is 15.8 Å². The Kier molecular flexibility index (Phi) is 9.41. The van der Waals surface area contributed by atoms with Crippen molar-refractivity contribution in [3.05, 3.63) is 208 Å². The summed E-state index contributed by atoms with van der Waals surface area (Å²) in [6.07, 6.45) is 7.99. The molecule has 13 rings (SSSR count).